The highest BCUT2D eigenvalue weighted by Gasteiger charge is 2.30. The van der Waals surface area contributed by atoms with E-state index in [1.165, 1.54) is 12.1 Å². The Morgan fingerprint density at radius 1 is 1.04 bits per heavy atom. The molecule has 0 fully saturated rings. The number of hydrogen-bond donors (Lipinski definition) is 3. The van der Waals surface area contributed by atoms with Crippen molar-refractivity contribution in [1.82, 2.24) is 10.9 Å². The van der Waals surface area contributed by atoms with Crippen molar-refractivity contribution >= 4 is 52.1 Å². The molecule has 0 unspecified atom stereocenters. The van der Waals surface area contributed by atoms with Gasteiger partial charge in [0.2, 0.25) is 0 Å². The maximum Gasteiger partial charge on any atom is 0.573 e. The van der Waals surface area contributed by atoms with Gasteiger partial charge in [0.05, 0.1) is 15.7 Å². The predicted molar refractivity (Wildman–Crippen MR) is 103 cm³/mol. The summed E-state index contributed by atoms with van der Waals surface area (Å²) in [5.41, 5.74) is 5.17. The second-order valence-electron chi connectivity index (χ2n) is 5.04. The fourth-order valence-corrected chi connectivity index (χ4v) is 2.31. The highest BCUT2D eigenvalue weighted by atomic mass is 35.5. The molecule has 0 aliphatic heterocycles. The van der Waals surface area contributed by atoms with Crippen molar-refractivity contribution in [3.8, 4) is 11.5 Å². The highest BCUT2D eigenvalue weighted by molar-refractivity contribution is 7.80. The summed E-state index contributed by atoms with van der Waals surface area (Å²) in [5, 5.41) is 3.39. The number of halogens is 5. The van der Waals surface area contributed by atoms with Gasteiger partial charge in [0.1, 0.15) is 11.5 Å². The van der Waals surface area contributed by atoms with E-state index < -0.39 is 24.6 Å². The Balaban J connectivity index is 1.75. The van der Waals surface area contributed by atoms with Gasteiger partial charge in [0.15, 0.2) is 11.7 Å². The molecule has 0 aliphatic rings. The second-order valence-corrected chi connectivity index (χ2v) is 6.23. The van der Waals surface area contributed by atoms with E-state index in [0.29, 0.717) is 10.7 Å². The van der Waals surface area contributed by atoms with Gasteiger partial charge in [-0.05, 0) is 48.6 Å². The van der Waals surface area contributed by atoms with Crippen LogP contribution in [0.25, 0.3) is 0 Å². The standard InChI is InChI=1S/C16H12Cl2F3N3O3S/c17-11-2-1-3-12(14(11)18)22-15(28)24-23-13(25)8-26-9-4-6-10(7-5-9)27-16(19,20)21/h1-7H,8H2,(H,23,25)(H2,22,24,28). The summed E-state index contributed by atoms with van der Waals surface area (Å²) in [5.74, 6) is -0.810. The summed E-state index contributed by atoms with van der Waals surface area (Å²) in [4.78, 5) is 11.7. The van der Waals surface area contributed by atoms with Crippen LogP contribution < -0.4 is 25.6 Å². The van der Waals surface area contributed by atoms with Gasteiger partial charge in [-0.3, -0.25) is 15.6 Å². The number of hydrazine groups is 1. The van der Waals surface area contributed by atoms with Crippen molar-refractivity contribution < 1.29 is 27.4 Å². The summed E-state index contributed by atoms with van der Waals surface area (Å²) in [6, 6.07) is 9.49. The van der Waals surface area contributed by atoms with Crippen LogP contribution in [0.1, 0.15) is 0 Å². The number of carbonyl (C=O) groups excluding carboxylic acids is 1. The third-order valence-corrected chi connectivity index (χ3v) is 3.97. The molecule has 0 aromatic heterocycles. The summed E-state index contributed by atoms with van der Waals surface area (Å²) >= 11 is 16.9. The Kier molecular flexibility index (Phi) is 7.55. The lowest BCUT2D eigenvalue weighted by Crippen LogP contribution is -2.45. The molecule has 0 radical (unpaired) electrons. The second kappa shape index (κ2) is 9.67. The van der Waals surface area contributed by atoms with E-state index in [9.17, 15) is 18.0 Å². The van der Waals surface area contributed by atoms with Crippen LogP contribution in [0.5, 0.6) is 11.5 Å². The number of benzene rings is 2. The SMILES string of the molecule is O=C(COc1ccc(OC(F)(F)F)cc1)NNC(=S)Nc1cccc(Cl)c1Cl. The summed E-state index contributed by atoms with van der Waals surface area (Å²) in [6.45, 7) is -0.410. The van der Waals surface area contributed by atoms with Gasteiger partial charge in [-0.2, -0.15) is 0 Å². The van der Waals surface area contributed by atoms with Crippen LogP contribution in [0.2, 0.25) is 10.0 Å². The minimum absolute atomic E-state index is 0.0474. The van der Waals surface area contributed by atoms with Crippen LogP contribution in [0.15, 0.2) is 42.5 Å². The van der Waals surface area contributed by atoms with Gasteiger partial charge in [-0.1, -0.05) is 29.3 Å². The molecule has 150 valence electrons. The molecule has 3 N–H and O–H groups in total. The number of rotatable bonds is 5. The number of thiocarbonyl (C=S) groups is 1. The monoisotopic (exact) mass is 453 g/mol. The van der Waals surface area contributed by atoms with Gasteiger partial charge in [-0.25, -0.2) is 0 Å². The highest BCUT2D eigenvalue weighted by Crippen LogP contribution is 2.29. The largest absolute Gasteiger partial charge is 0.573 e. The average molecular weight is 454 g/mol. The third-order valence-electron chi connectivity index (χ3n) is 2.94. The number of nitrogens with one attached hydrogen (secondary N) is 3. The summed E-state index contributed by atoms with van der Waals surface area (Å²) in [7, 11) is 0. The zero-order chi connectivity index (χ0) is 20.7. The van der Waals surface area contributed by atoms with Crippen molar-refractivity contribution in [2.75, 3.05) is 11.9 Å². The predicted octanol–water partition coefficient (Wildman–Crippen LogP) is 4.29. The van der Waals surface area contributed by atoms with E-state index in [1.807, 2.05) is 0 Å². The number of ether oxygens (including phenoxy) is 2. The van der Waals surface area contributed by atoms with Crippen LogP contribution in [0.3, 0.4) is 0 Å². The van der Waals surface area contributed by atoms with Crippen molar-refractivity contribution in [1.29, 1.82) is 0 Å². The molecular formula is C16H12Cl2F3N3O3S. The van der Waals surface area contributed by atoms with Crippen LogP contribution in [0, 0.1) is 0 Å². The third kappa shape index (κ3) is 7.29. The maximum absolute atomic E-state index is 12.1. The molecule has 2 aromatic carbocycles. The molecule has 0 bridgehead atoms. The Morgan fingerprint density at radius 3 is 2.32 bits per heavy atom. The molecule has 0 saturated carbocycles. The number of carbonyl (C=O) groups is 1. The van der Waals surface area contributed by atoms with Gasteiger partial charge < -0.3 is 14.8 Å². The van der Waals surface area contributed by atoms with E-state index >= 15 is 0 Å². The lowest BCUT2D eigenvalue weighted by molar-refractivity contribution is -0.274. The summed E-state index contributed by atoms with van der Waals surface area (Å²) < 4.78 is 45.1. The Morgan fingerprint density at radius 2 is 1.68 bits per heavy atom. The minimum atomic E-state index is -4.78. The smallest absolute Gasteiger partial charge is 0.484 e. The quantitative estimate of drug-likeness (QED) is 0.463. The molecule has 0 aliphatic carbocycles. The van der Waals surface area contributed by atoms with Crippen molar-refractivity contribution in [3.63, 3.8) is 0 Å². The summed E-state index contributed by atoms with van der Waals surface area (Å²) in [6.07, 6.45) is -4.78. The molecule has 6 nitrogen and oxygen atoms in total. The molecular weight excluding hydrogens is 442 g/mol. The Hall–Kier alpha value is -2.43. The van der Waals surface area contributed by atoms with E-state index in [4.69, 9.17) is 40.2 Å². The lowest BCUT2D eigenvalue weighted by atomic mass is 10.3. The van der Waals surface area contributed by atoms with Crippen molar-refractivity contribution in [2.45, 2.75) is 6.36 Å². The molecule has 0 heterocycles. The molecule has 2 aromatic rings. The number of alkyl halides is 3. The number of hydrogen-bond acceptors (Lipinski definition) is 4. The topological polar surface area (TPSA) is 71.6 Å². The molecule has 28 heavy (non-hydrogen) atoms. The van der Waals surface area contributed by atoms with Gasteiger partial charge in [-0.15, -0.1) is 13.2 Å². The van der Waals surface area contributed by atoms with Gasteiger partial charge in [0.25, 0.3) is 5.91 Å². The van der Waals surface area contributed by atoms with Crippen molar-refractivity contribution in [2.24, 2.45) is 0 Å². The van der Waals surface area contributed by atoms with Crippen molar-refractivity contribution in [3.05, 3.63) is 52.5 Å². The van der Waals surface area contributed by atoms with E-state index in [0.717, 1.165) is 12.1 Å². The van der Waals surface area contributed by atoms with E-state index in [2.05, 4.69) is 20.9 Å². The normalized spacial score (nSPS) is 10.8. The zero-order valence-electron chi connectivity index (χ0n) is 13.8. The lowest BCUT2D eigenvalue weighted by Gasteiger charge is -2.13. The molecule has 12 heteroatoms. The first-order valence-corrected chi connectivity index (χ1v) is 8.59. The Bertz CT molecular complexity index is 851. The molecule has 0 atom stereocenters. The van der Waals surface area contributed by atoms with Crippen LogP contribution in [-0.2, 0) is 4.79 Å². The van der Waals surface area contributed by atoms with Crippen LogP contribution in [-0.4, -0.2) is 24.0 Å². The minimum Gasteiger partial charge on any atom is -0.484 e. The molecule has 1 amide bonds. The number of amides is 1. The van der Waals surface area contributed by atoms with Crippen LogP contribution >= 0.6 is 35.4 Å². The first kappa shape index (κ1) is 21.9. The fraction of sp³-hybridized carbons (Fsp3) is 0.125. The van der Waals surface area contributed by atoms with Crippen LogP contribution in [0.4, 0.5) is 18.9 Å². The first-order chi connectivity index (χ1) is 13.1. The van der Waals surface area contributed by atoms with E-state index in [-0.39, 0.29) is 15.9 Å². The number of anilines is 1. The fourth-order valence-electron chi connectivity index (χ4n) is 1.80. The molecule has 0 spiro atoms. The first-order valence-electron chi connectivity index (χ1n) is 7.42. The van der Waals surface area contributed by atoms with Gasteiger partial charge >= 0.3 is 6.36 Å². The maximum atomic E-state index is 12.1. The zero-order valence-corrected chi connectivity index (χ0v) is 16.1. The molecule has 0 saturated heterocycles. The molecule has 2 rings (SSSR count). The average Bonchev–Trinajstić information content (AvgIpc) is 2.62. The van der Waals surface area contributed by atoms with Gasteiger partial charge in [0, 0.05) is 0 Å². The van der Waals surface area contributed by atoms with E-state index in [1.54, 1.807) is 18.2 Å². The Labute approximate surface area is 172 Å².